The number of halogens is 3. The fraction of sp³-hybridized carbons (Fsp3) is 0.429. The highest BCUT2D eigenvalue weighted by molar-refractivity contribution is 5.36. The van der Waals surface area contributed by atoms with Crippen LogP contribution in [-0.2, 0) is 12.6 Å². The minimum atomic E-state index is -4.28. The summed E-state index contributed by atoms with van der Waals surface area (Å²) < 4.78 is 38.7. The molecule has 3 heteroatoms. The van der Waals surface area contributed by atoms with Gasteiger partial charge in [0, 0.05) is 0 Å². The second kappa shape index (κ2) is 5.39. The summed E-state index contributed by atoms with van der Waals surface area (Å²) in [5.74, 6) is -0.0632. The van der Waals surface area contributed by atoms with Gasteiger partial charge in [0.2, 0.25) is 0 Å². The third kappa shape index (κ3) is 3.35. The van der Waals surface area contributed by atoms with Crippen molar-refractivity contribution >= 4 is 0 Å². The van der Waals surface area contributed by atoms with Gasteiger partial charge in [0.1, 0.15) is 0 Å². The molecule has 0 heterocycles. The van der Waals surface area contributed by atoms with Gasteiger partial charge in [-0.1, -0.05) is 38.5 Å². The molecule has 1 unspecified atom stereocenters. The van der Waals surface area contributed by atoms with E-state index in [1.165, 1.54) is 6.07 Å². The van der Waals surface area contributed by atoms with E-state index >= 15 is 0 Å². The molecule has 0 aromatic heterocycles. The van der Waals surface area contributed by atoms with Gasteiger partial charge in [-0.2, -0.15) is 13.2 Å². The van der Waals surface area contributed by atoms with Crippen LogP contribution in [0, 0.1) is 0 Å². The normalized spacial score (nSPS) is 13.5. The molecule has 0 saturated carbocycles. The fourth-order valence-corrected chi connectivity index (χ4v) is 1.76. The number of hydrogen-bond donors (Lipinski definition) is 0. The van der Waals surface area contributed by atoms with Crippen LogP contribution in [-0.4, -0.2) is 0 Å². The Labute approximate surface area is 100 Å². The van der Waals surface area contributed by atoms with E-state index in [4.69, 9.17) is 0 Å². The molecular weight excluding hydrogens is 225 g/mol. The van der Waals surface area contributed by atoms with Crippen LogP contribution in [0.25, 0.3) is 0 Å². The SMILES string of the molecule is C=CC(C)c1ccc(CCC)c(C(F)(F)F)c1. The van der Waals surface area contributed by atoms with Crippen LogP contribution in [0.15, 0.2) is 30.9 Å². The molecule has 0 fully saturated rings. The minimum Gasteiger partial charge on any atom is -0.166 e. The molecule has 0 aliphatic heterocycles. The zero-order valence-electron chi connectivity index (χ0n) is 10.1. The highest BCUT2D eigenvalue weighted by Crippen LogP contribution is 2.34. The highest BCUT2D eigenvalue weighted by atomic mass is 19.4. The lowest BCUT2D eigenvalue weighted by molar-refractivity contribution is -0.138. The van der Waals surface area contributed by atoms with E-state index in [9.17, 15) is 13.2 Å². The van der Waals surface area contributed by atoms with Crippen LogP contribution < -0.4 is 0 Å². The molecular formula is C14H17F3. The Hall–Kier alpha value is -1.25. The average Bonchev–Trinajstić information content (AvgIpc) is 2.27. The third-order valence-electron chi connectivity index (χ3n) is 2.84. The molecule has 0 nitrogen and oxygen atoms in total. The number of benzene rings is 1. The lowest BCUT2D eigenvalue weighted by Gasteiger charge is -2.15. The first-order valence-corrected chi connectivity index (χ1v) is 5.72. The number of aryl methyl sites for hydroxylation is 1. The Morgan fingerprint density at radius 3 is 2.47 bits per heavy atom. The summed E-state index contributed by atoms with van der Waals surface area (Å²) in [5, 5.41) is 0. The quantitative estimate of drug-likeness (QED) is 0.655. The predicted molar refractivity (Wildman–Crippen MR) is 64.1 cm³/mol. The Bertz CT molecular complexity index is 391. The van der Waals surface area contributed by atoms with E-state index in [0.29, 0.717) is 24.0 Å². The van der Waals surface area contributed by atoms with Gasteiger partial charge in [0.15, 0.2) is 0 Å². The Morgan fingerprint density at radius 1 is 1.35 bits per heavy atom. The van der Waals surface area contributed by atoms with E-state index in [0.717, 1.165) is 0 Å². The van der Waals surface area contributed by atoms with Crippen LogP contribution in [0.3, 0.4) is 0 Å². The van der Waals surface area contributed by atoms with Gasteiger partial charge >= 0.3 is 6.18 Å². The second-order valence-electron chi connectivity index (χ2n) is 4.19. The van der Waals surface area contributed by atoms with E-state index < -0.39 is 11.7 Å². The van der Waals surface area contributed by atoms with Gasteiger partial charge in [-0.25, -0.2) is 0 Å². The Balaban J connectivity index is 3.24. The summed E-state index contributed by atoms with van der Waals surface area (Å²) >= 11 is 0. The van der Waals surface area contributed by atoms with E-state index in [-0.39, 0.29) is 5.92 Å². The van der Waals surface area contributed by atoms with Gasteiger partial charge in [-0.05, 0) is 29.5 Å². The largest absolute Gasteiger partial charge is 0.416 e. The molecule has 0 bridgehead atoms. The molecule has 0 N–H and O–H groups in total. The summed E-state index contributed by atoms with van der Waals surface area (Å²) in [7, 11) is 0. The summed E-state index contributed by atoms with van der Waals surface area (Å²) in [5.41, 5.74) is 0.526. The first-order valence-electron chi connectivity index (χ1n) is 5.72. The van der Waals surface area contributed by atoms with Gasteiger partial charge < -0.3 is 0 Å². The van der Waals surface area contributed by atoms with Gasteiger partial charge in [-0.15, -0.1) is 6.58 Å². The molecule has 1 atom stereocenters. The van der Waals surface area contributed by atoms with E-state index in [1.54, 1.807) is 18.2 Å². The fourth-order valence-electron chi connectivity index (χ4n) is 1.76. The standard InChI is InChI=1S/C14H17F3/c1-4-6-11-7-8-12(10(3)5-2)9-13(11)14(15,16)17/h5,7-10H,2,4,6H2,1,3H3. The zero-order chi connectivity index (χ0) is 13.1. The van der Waals surface area contributed by atoms with Crippen LogP contribution in [0.4, 0.5) is 13.2 Å². The molecule has 0 amide bonds. The number of allylic oxidation sites excluding steroid dienone is 1. The van der Waals surface area contributed by atoms with Crippen LogP contribution in [0.5, 0.6) is 0 Å². The van der Waals surface area contributed by atoms with Crippen molar-refractivity contribution in [1.82, 2.24) is 0 Å². The van der Waals surface area contributed by atoms with Crippen LogP contribution in [0.1, 0.15) is 42.9 Å². The molecule has 1 aromatic carbocycles. The van der Waals surface area contributed by atoms with Crippen molar-refractivity contribution in [3.05, 3.63) is 47.5 Å². The van der Waals surface area contributed by atoms with Crippen LogP contribution in [0.2, 0.25) is 0 Å². The molecule has 0 saturated heterocycles. The molecule has 17 heavy (non-hydrogen) atoms. The van der Waals surface area contributed by atoms with Crippen molar-refractivity contribution in [3.8, 4) is 0 Å². The van der Waals surface area contributed by atoms with Crippen molar-refractivity contribution in [2.24, 2.45) is 0 Å². The molecule has 1 rings (SSSR count). The topological polar surface area (TPSA) is 0 Å². The van der Waals surface area contributed by atoms with Crippen molar-refractivity contribution < 1.29 is 13.2 Å². The van der Waals surface area contributed by atoms with Crippen LogP contribution >= 0.6 is 0 Å². The van der Waals surface area contributed by atoms with E-state index in [2.05, 4.69) is 6.58 Å². The van der Waals surface area contributed by atoms with Gasteiger partial charge in [0.25, 0.3) is 0 Å². The summed E-state index contributed by atoms with van der Waals surface area (Å²) in [6, 6.07) is 4.59. The van der Waals surface area contributed by atoms with Crippen molar-refractivity contribution in [3.63, 3.8) is 0 Å². The third-order valence-corrected chi connectivity index (χ3v) is 2.84. The van der Waals surface area contributed by atoms with Crippen molar-refractivity contribution in [2.45, 2.75) is 38.8 Å². The molecule has 0 radical (unpaired) electrons. The first kappa shape index (κ1) is 13.8. The van der Waals surface area contributed by atoms with Crippen molar-refractivity contribution in [2.75, 3.05) is 0 Å². The summed E-state index contributed by atoms with van der Waals surface area (Å²) in [6.07, 6.45) is -1.46. The van der Waals surface area contributed by atoms with Gasteiger partial charge in [0.05, 0.1) is 5.56 Å². The Kier molecular flexibility index (Phi) is 4.38. The number of hydrogen-bond acceptors (Lipinski definition) is 0. The summed E-state index contributed by atoms with van der Waals surface area (Å²) in [4.78, 5) is 0. The molecule has 0 aliphatic rings. The number of alkyl halides is 3. The van der Waals surface area contributed by atoms with E-state index in [1.807, 2.05) is 13.8 Å². The van der Waals surface area contributed by atoms with Crippen molar-refractivity contribution in [1.29, 1.82) is 0 Å². The number of rotatable bonds is 4. The maximum absolute atomic E-state index is 12.9. The average molecular weight is 242 g/mol. The smallest absolute Gasteiger partial charge is 0.166 e. The lowest BCUT2D eigenvalue weighted by atomic mass is 9.94. The maximum atomic E-state index is 12.9. The lowest BCUT2D eigenvalue weighted by Crippen LogP contribution is -2.10. The molecule has 0 spiro atoms. The molecule has 0 aliphatic carbocycles. The highest BCUT2D eigenvalue weighted by Gasteiger charge is 2.33. The minimum absolute atomic E-state index is 0.0632. The molecule has 94 valence electrons. The Morgan fingerprint density at radius 2 is 2.00 bits per heavy atom. The predicted octanol–water partition coefficient (Wildman–Crippen LogP) is 4.95. The molecule has 1 aromatic rings. The second-order valence-corrected chi connectivity index (χ2v) is 4.19. The zero-order valence-corrected chi connectivity index (χ0v) is 10.1. The van der Waals surface area contributed by atoms with Gasteiger partial charge in [-0.3, -0.25) is 0 Å². The monoisotopic (exact) mass is 242 g/mol. The summed E-state index contributed by atoms with van der Waals surface area (Å²) in [6.45, 7) is 7.32. The first-order chi connectivity index (χ1) is 7.90. The maximum Gasteiger partial charge on any atom is 0.416 e.